The second kappa shape index (κ2) is 6.04. The van der Waals surface area contributed by atoms with Gasteiger partial charge in [-0.3, -0.25) is 4.55 Å². The van der Waals surface area contributed by atoms with E-state index >= 15 is 0 Å². The van der Waals surface area contributed by atoms with Crippen molar-refractivity contribution in [3.63, 3.8) is 0 Å². The van der Waals surface area contributed by atoms with Gasteiger partial charge in [0.15, 0.2) is 0 Å². The number of azo groups is 1. The number of benzene rings is 3. The average molecular weight is 359 g/mol. The molecule has 0 heterocycles. The fraction of sp³-hybridized carbons (Fsp3) is 0. The zero-order chi connectivity index (χ0) is 18.2. The lowest BCUT2D eigenvalue weighted by molar-refractivity contribution is 0.469. The number of nitrogens with two attached hydrogens (primary N) is 1. The lowest BCUT2D eigenvalue weighted by Gasteiger charge is -2.09. The molecule has 0 radical (unpaired) electrons. The van der Waals surface area contributed by atoms with Gasteiger partial charge in [-0.1, -0.05) is 6.07 Å². The molecule has 0 saturated heterocycles. The normalized spacial score (nSPS) is 12.0. The number of nitrogens with zero attached hydrogens (tertiary/aromatic N) is 2. The highest BCUT2D eigenvalue weighted by Gasteiger charge is 2.18. The van der Waals surface area contributed by atoms with Crippen LogP contribution in [0.5, 0.6) is 11.5 Å². The molecule has 0 aliphatic heterocycles. The maximum Gasteiger partial charge on any atom is 0.295 e. The summed E-state index contributed by atoms with van der Waals surface area (Å²) >= 11 is 0. The van der Waals surface area contributed by atoms with Gasteiger partial charge in [-0.25, -0.2) is 0 Å². The van der Waals surface area contributed by atoms with Gasteiger partial charge in [0.25, 0.3) is 10.1 Å². The fourth-order valence-corrected chi connectivity index (χ4v) is 3.01. The van der Waals surface area contributed by atoms with Crippen molar-refractivity contribution in [2.24, 2.45) is 10.2 Å². The molecular weight excluding hydrogens is 346 g/mol. The molecular formula is C16H13N3O5S. The third-order valence-electron chi connectivity index (χ3n) is 3.51. The minimum atomic E-state index is -4.53. The van der Waals surface area contributed by atoms with Crippen LogP contribution in [-0.4, -0.2) is 23.2 Å². The van der Waals surface area contributed by atoms with E-state index in [1.54, 1.807) is 12.1 Å². The molecule has 128 valence electrons. The second-order valence-electron chi connectivity index (χ2n) is 5.23. The highest BCUT2D eigenvalue weighted by Crippen LogP contribution is 2.37. The van der Waals surface area contributed by atoms with Crippen LogP contribution in [0, 0.1) is 0 Å². The van der Waals surface area contributed by atoms with Crippen molar-refractivity contribution < 1.29 is 23.2 Å². The Labute approximate surface area is 142 Å². The Morgan fingerprint density at radius 1 is 0.840 bits per heavy atom. The maximum absolute atomic E-state index is 11.5. The van der Waals surface area contributed by atoms with Gasteiger partial charge < -0.3 is 15.9 Å². The molecule has 0 aliphatic carbocycles. The molecule has 0 bridgehead atoms. The van der Waals surface area contributed by atoms with Crippen molar-refractivity contribution in [1.29, 1.82) is 0 Å². The predicted molar refractivity (Wildman–Crippen MR) is 92.1 cm³/mol. The molecule has 0 spiro atoms. The second-order valence-corrected chi connectivity index (χ2v) is 6.62. The third kappa shape index (κ3) is 3.37. The van der Waals surface area contributed by atoms with Gasteiger partial charge in [-0.05, 0) is 36.4 Å². The van der Waals surface area contributed by atoms with Crippen molar-refractivity contribution in [2.75, 3.05) is 5.73 Å². The summed E-state index contributed by atoms with van der Waals surface area (Å²) in [4.78, 5) is -0.448. The van der Waals surface area contributed by atoms with Crippen LogP contribution in [-0.2, 0) is 10.1 Å². The van der Waals surface area contributed by atoms with E-state index in [2.05, 4.69) is 10.2 Å². The van der Waals surface area contributed by atoms with E-state index < -0.39 is 20.8 Å². The van der Waals surface area contributed by atoms with Gasteiger partial charge in [0.2, 0.25) is 0 Å². The van der Waals surface area contributed by atoms with Gasteiger partial charge in [-0.15, -0.1) is 0 Å². The number of nitrogen functional groups attached to an aromatic ring is 1. The van der Waals surface area contributed by atoms with Crippen molar-refractivity contribution >= 4 is 38.0 Å². The lowest BCUT2D eigenvalue weighted by atomic mass is 10.1. The number of fused-ring (bicyclic) bond motifs is 1. The van der Waals surface area contributed by atoms with Crippen molar-refractivity contribution in [1.82, 2.24) is 0 Å². The highest BCUT2D eigenvalue weighted by molar-refractivity contribution is 7.86. The van der Waals surface area contributed by atoms with Crippen LogP contribution in [0.2, 0.25) is 0 Å². The number of phenolic OH excluding ortho intramolecular Hbond substituents is 2. The number of phenols is 2. The van der Waals surface area contributed by atoms with Crippen LogP contribution in [0.15, 0.2) is 63.7 Å². The van der Waals surface area contributed by atoms with E-state index in [4.69, 9.17) is 5.73 Å². The van der Waals surface area contributed by atoms with Gasteiger partial charge in [-0.2, -0.15) is 18.6 Å². The summed E-state index contributed by atoms with van der Waals surface area (Å²) in [5.74, 6) is -0.363. The molecule has 3 aromatic carbocycles. The van der Waals surface area contributed by atoms with Crippen LogP contribution in [0.4, 0.5) is 17.1 Å². The first kappa shape index (κ1) is 16.7. The monoisotopic (exact) mass is 359 g/mol. The fourth-order valence-electron chi connectivity index (χ4n) is 2.30. The Balaban J connectivity index is 2.11. The largest absolute Gasteiger partial charge is 0.508 e. The zero-order valence-electron chi connectivity index (χ0n) is 12.7. The van der Waals surface area contributed by atoms with Crippen molar-refractivity contribution in [2.45, 2.75) is 4.90 Å². The summed E-state index contributed by atoms with van der Waals surface area (Å²) < 4.78 is 32.3. The Morgan fingerprint density at radius 3 is 2.08 bits per heavy atom. The molecule has 0 unspecified atom stereocenters. The number of anilines is 1. The minimum Gasteiger partial charge on any atom is -0.508 e. The molecule has 3 aromatic rings. The summed E-state index contributed by atoms with van der Waals surface area (Å²) in [6, 6.07) is 11.3. The first-order valence-electron chi connectivity index (χ1n) is 6.99. The molecule has 0 amide bonds. The van der Waals surface area contributed by atoms with Crippen LogP contribution < -0.4 is 5.73 Å². The standard InChI is InChI=1S/C16H13N3O5S/c17-16-13-7-10(19-18-9-1-4-11(20)5-2-9)3-6-12(13)15(8-14(16)21)25(22,23)24/h1-8,20-21H,17H2,(H,22,23,24). The van der Waals surface area contributed by atoms with Gasteiger partial charge in [0.05, 0.1) is 17.1 Å². The topological polar surface area (TPSA) is 146 Å². The average Bonchev–Trinajstić information content (AvgIpc) is 2.56. The quantitative estimate of drug-likeness (QED) is 0.244. The lowest BCUT2D eigenvalue weighted by Crippen LogP contribution is -2.01. The van der Waals surface area contributed by atoms with E-state index in [0.29, 0.717) is 11.4 Å². The van der Waals surface area contributed by atoms with Crippen LogP contribution in [0.1, 0.15) is 0 Å². The van der Waals surface area contributed by atoms with Crippen molar-refractivity contribution in [3.8, 4) is 11.5 Å². The van der Waals surface area contributed by atoms with E-state index in [0.717, 1.165) is 6.07 Å². The molecule has 9 heteroatoms. The van der Waals surface area contributed by atoms with E-state index in [-0.39, 0.29) is 22.2 Å². The number of hydrogen-bond acceptors (Lipinski definition) is 7. The SMILES string of the molecule is Nc1c(O)cc(S(=O)(=O)O)c2ccc(N=Nc3ccc(O)cc3)cc12. The molecule has 0 fully saturated rings. The Morgan fingerprint density at radius 2 is 1.44 bits per heavy atom. The van der Waals surface area contributed by atoms with Gasteiger partial charge >= 0.3 is 0 Å². The van der Waals surface area contributed by atoms with Gasteiger partial charge in [0, 0.05) is 16.8 Å². The summed E-state index contributed by atoms with van der Waals surface area (Å²) in [6.07, 6.45) is 0. The molecule has 5 N–H and O–H groups in total. The maximum atomic E-state index is 11.5. The molecule has 3 rings (SSSR count). The number of rotatable bonds is 3. The molecule has 0 atom stereocenters. The van der Waals surface area contributed by atoms with E-state index in [9.17, 15) is 23.2 Å². The van der Waals surface area contributed by atoms with E-state index in [1.807, 2.05) is 0 Å². The Hall–Kier alpha value is -3.17. The summed E-state index contributed by atoms with van der Waals surface area (Å²) in [6.45, 7) is 0. The Kier molecular flexibility index (Phi) is 4.03. The van der Waals surface area contributed by atoms with Crippen molar-refractivity contribution in [3.05, 3.63) is 48.5 Å². The third-order valence-corrected chi connectivity index (χ3v) is 4.40. The van der Waals surface area contributed by atoms with Crippen LogP contribution in [0.25, 0.3) is 10.8 Å². The van der Waals surface area contributed by atoms with Gasteiger partial charge in [0.1, 0.15) is 16.4 Å². The zero-order valence-corrected chi connectivity index (χ0v) is 13.5. The highest BCUT2D eigenvalue weighted by atomic mass is 32.2. The summed E-state index contributed by atoms with van der Waals surface area (Å²) in [5.41, 5.74) is 6.62. The van der Waals surface area contributed by atoms with Crippen LogP contribution in [0.3, 0.4) is 0 Å². The molecule has 0 aliphatic rings. The van der Waals surface area contributed by atoms with E-state index in [1.165, 1.54) is 30.3 Å². The minimum absolute atomic E-state index is 0.0379. The first-order valence-corrected chi connectivity index (χ1v) is 8.43. The molecule has 8 nitrogen and oxygen atoms in total. The Bertz CT molecular complexity index is 1090. The molecule has 25 heavy (non-hydrogen) atoms. The molecule has 0 saturated carbocycles. The summed E-state index contributed by atoms with van der Waals surface area (Å²) in [5, 5.41) is 27.4. The molecule has 0 aromatic heterocycles. The predicted octanol–water partition coefficient (Wildman–Crippen LogP) is 3.50. The smallest absolute Gasteiger partial charge is 0.295 e. The number of hydrogen-bond donors (Lipinski definition) is 4. The number of aromatic hydroxyl groups is 2. The summed E-state index contributed by atoms with van der Waals surface area (Å²) in [7, 11) is -4.53. The first-order chi connectivity index (χ1) is 11.8. The van der Waals surface area contributed by atoms with Crippen LogP contribution >= 0.6 is 0 Å².